The first-order valence-corrected chi connectivity index (χ1v) is 13.0. The van der Waals surface area contributed by atoms with Gasteiger partial charge in [-0.1, -0.05) is 12.1 Å². The molecule has 210 valence electrons. The van der Waals surface area contributed by atoms with E-state index in [0.717, 1.165) is 0 Å². The van der Waals surface area contributed by atoms with Gasteiger partial charge in [0, 0.05) is 12.8 Å². The molecule has 5 amide bonds. The van der Waals surface area contributed by atoms with Crippen LogP contribution in [0.25, 0.3) is 0 Å². The summed E-state index contributed by atoms with van der Waals surface area (Å²) >= 11 is 1.48. The largest absolute Gasteiger partial charge is 0.508 e. The molecule has 4 unspecified atom stereocenters. The molecule has 0 saturated heterocycles. The number of primary amides is 2. The molecule has 0 spiro atoms. The number of amides is 5. The Kier molecular flexibility index (Phi) is 13.6. The summed E-state index contributed by atoms with van der Waals surface area (Å²) in [7, 11) is 0. The van der Waals surface area contributed by atoms with Crippen LogP contribution in [0.2, 0.25) is 0 Å². The van der Waals surface area contributed by atoms with E-state index in [1.54, 1.807) is 0 Å². The zero-order chi connectivity index (χ0) is 28.8. The van der Waals surface area contributed by atoms with Gasteiger partial charge in [-0.2, -0.15) is 11.8 Å². The number of phenolic OH excluding ortho intramolecular Hbond substituents is 1. The van der Waals surface area contributed by atoms with E-state index in [1.165, 1.54) is 36.0 Å². The van der Waals surface area contributed by atoms with Crippen LogP contribution in [0, 0.1) is 0 Å². The molecule has 14 nitrogen and oxygen atoms in total. The quantitative estimate of drug-likeness (QED) is 0.102. The highest BCUT2D eigenvalue weighted by molar-refractivity contribution is 7.98. The van der Waals surface area contributed by atoms with Crippen molar-refractivity contribution in [1.82, 2.24) is 16.0 Å². The van der Waals surface area contributed by atoms with Gasteiger partial charge in [0.2, 0.25) is 29.5 Å². The van der Waals surface area contributed by atoms with Crippen molar-refractivity contribution in [1.29, 1.82) is 0 Å². The van der Waals surface area contributed by atoms with Gasteiger partial charge in [0.15, 0.2) is 0 Å². The van der Waals surface area contributed by atoms with Gasteiger partial charge in [0.1, 0.15) is 23.9 Å². The van der Waals surface area contributed by atoms with Crippen molar-refractivity contribution in [3.8, 4) is 5.75 Å². The van der Waals surface area contributed by atoms with Crippen molar-refractivity contribution >= 4 is 47.3 Å². The lowest BCUT2D eigenvalue weighted by molar-refractivity contribution is -0.143. The number of nitrogens with two attached hydrogens (primary N) is 3. The number of carbonyl (C=O) groups excluding carboxylic acids is 5. The molecule has 4 atom stereocenters. The summed E-state index contributed by atoms with van der Waals surface area (Å²) in [4.78, 5) is 72.7. The zero-order valence-corrected chi connectivity index (χ0v) is 21.7. The lowest BCUT2D eigenvalue weighted by atomic mass is 10.0. The maximum atomic E-state index is 13.2. The van der Waals surface area contributed by atoms with Crippen molar-refractivity contribution in [3.63, 3.8) is 0 Å². The van der Waals surface area contributed by atoms with E-state index in [4.69, 9.17) is 17.2 Å². The first kappa shape index (κ1) is 32.2. The number of hydrogen-bond acceptors (Lipinski definition) is 9. The van der Waals surface area contributed by atoms with Crippen LogP contribution < -0.4 is 33.2 Å². The summed E-state index contributed by atoms with van der Waals surface area (Å²) in [5, 5.41) is 25.9. The van der Waals surface area contributed by atoms with Gasteiger partial charge >= 0.3 is 5.97 Å². The molecule has 0 aliphatic carbocycles. The van der Waals surface area contributed by atoms with Crippen LogP contribution in [0.5, 0.6) is 5.75 Å². The van der Waals surface area contributed by atoms with E-state index in [1.807, 2.05) is 6.26 Å². The Bertz CT molecular complexity index is 1010. The third kappa shape index (κ3) is 11.9. The summed E-state index contributed by atoms with van der Waals surface area (Å²) < 4.78 is 0. The number of phenols is 1. The number of aromatic hydroxyl groups is 1. The van der Waals surface area contributed by atoms with Crippen molar-refractivity contribution in [3.05, 3.63) is 29.8 Å². The fourth-order valence-electron chi connectivity index (χ4n) is 3.23. The average Bonchev–Trinajstić information content (AvgIpc) is 2.84. The van der Waals surface area contributed by atoms with Gasteiger partial charge in [0.25, 0.3) is 0 Å². The van der Waals surface area contributed by atoms with Crippen LogP contribution in [-0.4, -0.2) is 81.9 Å². The standard InChI is InChI=1S/C23H34N6O8S/c1-38-9-8-14(24)20(33)27-15(6-7-18(25)31)21(34)28-16(10-12-2-4-13(30)5-3-12)22(35)29-17(23(36)37)11-19(26)32/h2-5,14-17,30H,6-11,24H2,1H3,(H2,25,31)(H2,26,32)(H,27,33)(H,28,34)(H,29,35)(H,36,37). The third-order valence-electron chi connectivity index (χ3n) is 5.31. The fraction of sp³-hybridized carbons (Fsp3) is 0.478. The van der Waals surface area contributed by atoms with Crippen LogP contribution in [0.4, 0.5) is 0 Å². The van der Waals surface area contributed by atoms with E-state index in [-0.39, 0.29) is 25.0 Å². The van der Waals surface area contributed by atoms with Gasteiger partial charge in [-0.25, -0.2) is 4.79 Å². The zero-order valence-electron chi connectivity index (χ0n) is 20.8. The second-order valence-corrected chi connectivity index (χ2v) is 9.44. The summed E-state index contributed by atoms with van der Waals surface area (Å²) in [5.41, 5.74) is 16.6. The molecule has 1 aromatic rings. The first-order chi connectivity index (χ1) is 17.8. The van der Waals surface area contributed by atoms with E-state index >= 15 is 0 Å². The normalized spacial score (nSPS) is 13.8. The molecule has 0 aromatic heterocycles. The number of rotatable bonds is 17. The Hall–Kier alpha value is -3.85. The number of benzene rings is 1. The Labute approximate surface area is 223 Å². The first-order valence-electron chi connectivity index (χ1n) is 11.6. The SMILES string of the molecule is CSCCC(N)C(=O)NC(CCC(N)=O)C(=O)NC(Cc1ccc(O)cc1)C(=O)NC(CC(N)=O)C(=O)O. The lowest BCUT2D eigenvalue weighted by Gasteiger charge is -2.25. The molecular formula is C23H34N6O8S. The predicted octanol–water partition coefficient (Wildman–Crippen LogP) is -2.30. The fourth-order valence-corrected chi connectivity index (χ4v) is 3.72. The summed E-state index contributed by atoms with van der Waals surface area (Å²) in [5.74, 6) is -5.10. The minimum atomic E-state index is -1.65. The number of carboxylic acids is 1. The van der Waals surface area contributed by atoms with Gasteiger partial charge in [0.05, 0.1) is 12.5 Å². The minimum absolute atomic E-state index is 0.0433. The van der Waals surface area contributed by atoms with E-state index in [2.05, 4.69) is 16.0 Å². The Morgan fingerprint density at radius 1 is 0.842 bits per heavy atom. The van der Waals surface area contributed by atoms with Crippen molar-refractivity contribution in [2.45, 2.75) is 56.3 Å². The average molecular weight is 555 g/mol. The number of carbonyl (C=O) groups is 6. The number of carboxylic acid groups (broad SMARTS) is 1. The topological polar surface area (TPSA) is 257 Å². The van der Waals surface area contributed by atoms with Gasteiger partial charge in [-0.3, -0.25) is 24.0 Å². The Morgan fingerprint density at radius 3 is 1.92 bits per heavy atom. The summed E-state index contributed by atoms with van der Waals surface area (Å²) in [6, 6.07) is 0.433. The van der Waals surface area contributed by atoms with E-state index in [0.29, 0.717) is 17.7 Å². The maximum Gasteiger partial charge on any atom is 0.326 e. The maximum absolute atomic E-state index is 13.2. The Morgan fingerprint density at radius 2 is 1.39 bits per heavy atom. The second-order valence-electron chi connectivity index (χ2n) is 8.46. The van der Waals surface area contributed by atoms with Crippen LogP contribution >= 0.6 is 11.8 Å². The molecule has 11 N–H and O–H groups in total. The molecule has 0 aliphatic heterocycles. The van der Waals surface area contributed by atoms with Crippen LogP contribution in [-0.2, 0) is 35.2 Å². The number of hydrogen-bond donors (Lipinski definition) is 8. The monoisotopic (exact) mass is 554 g/mol. The Balaban J connectivity index is 3.17. The number of nitrogens with one attached hydrogen (secondary N) is 3. The summed E-state index contributed by atoms with van der Waals surface area (Å²) in [6.07, 6.45) is 0.892. The predicted molar refractivity (Wildman–Crippen MR) is 138 cm³/mol. The molecule has 0 fully saturated rings. The van der Waals surface area contributed by atoms with Gasteiger partial charge in [-0.05, 0) is 42.5 Å². The smallest absolute Gasteiger partial charge is 0.326 e. The molecule has 1 rings (SSSR count). The highest BCUT2D eigenvalue weighted by atomic mass is 32.2. The van der Waals surface area contributed by atoms with Crippen LogP contribution in [0.3, 0.4) is 0 Å². The molecular weight excluding hydrogens is 520 g/mol. The van der Waals surface area contributed by atoms with Crippen molar-refractivity contribution in [2.24, 2.45) is 17.2 Å². The van der Waals surface area contributed by atoms with Gasteiger partial charge < -0.3 is 43.4 Å². The van der Waals surface area contributed by atoms with Crippen molar-refractivity contribution < 1.29 is 39.0 Å². The van der Waals surface area contributed by atoms with Crippen LogP contribution in [0.1, 0.15) is 31.2 Å². The molecule has 0 saturated carbocycles. The molecule has 0 radical (unpaired) electrons. The summed E-state index contributed by atoms with van der Waals surface area (Å²) in [6.45, 7) is 0. The molecule has 15 heteroatoms. The number of thioether (sulfide) groups is 1. The van der Waals surface area contributed by atoms with Crippen LogP contribution in [0.15, 0.2) is 24.3 Å². The molecule has 1 aromatic carbocycles. The third-order valence-corrected chi connectivity index (χ3v) is 5.96. The van der Waals surface area contributed by atoms with Gasteiger partial charge in [-0.15, -0.1) is 0 Å². The lowest BCUT2D eigenvalue weighted by Crippen LogP contribution is -2.58. The highest BCUT2D eigenvalue weighted by Gasteiger charge is 2.31. The molecule has 0 aliphatic rings. The van der Waals surface area contributed by atoms with E-state index in [9.17, 15) is 39.0 Å². The van der Waals surface area contributed by atoms with E-state index < -0.39 is 66.1 Å². The molecule has 38 heavy (non-hydrogen) atoms. The van der Waals surface area contributed by atoms with Crippen molar-refractivity contribution in [2.75, 3.05) is 12.0 Å². The number of aliphatic carboxylic acids is 1. The molecule has 0 heterocycles. The second kappa shape index (κ2) is 16.1. The molecule has 0 bridgehead atoms. The highest BCUT2D eigenvalue weighted by Crippen LogP contribution is 2.12. The minimum Gasteiger partial charge on any atom is -0.508 e.